The number of aryl methyl sites for hydroxylation is 1. The summed E-state index contributed by atoms with van der Waals surface area (Å²) in [6.45, 7) is 4.04. The predicted molar refractivity (Wildman–Crippen MR) is 72.0 cm³/mol. The van der Waals surface area contributed by atoms with Crippen LogP contribution in [0.3, 0.4) is 0 Å². The minimum atomic E-state index is -0.118. The molecule has 2 atom stereocenters. The van der Waals surface area contributed by atoms with E-state index in [0.29, 0.717) is 11.8 Å². The highest BCUT2D eigenvalue weighted by molar-refractivity contribution is 5.26. The van der Waals surface area contributed by atoms with Gasteiger partial charge in [0, 0.05) is 12.5 Å². The minimum absolute atomic E-state index is 0.118. The molecule has 0 radical (unpaired) electrons. The lowest BCUT2D eigenvalue weighted by atomic mass is 10.0. The van der Waals surface area contributed by atoms with Crippen molar-refractivity contribution in [2.45, 2.75) is 19.4 Å². The van der Waals surface area contributed by atoms with Gasteiger partial charge in [-0.05, 0) is 32.0 Å². The number of rotatable bonds is 4. The molecule has 0 amide bonds. The summed E-state index contributed by atoms with van der Waals surface area (Å²) in [7, 11) is 0. The molecule has 1 aromatic heterocycles. The Hall–Kier alpha value is -1.81. The van der Waals surface area contributed by atoms with Crippen LogP contribution in [0.5, 0.6) is 5.75 Å². The Kier molecular flexibility index (Phi) is 3.51. The van der Waals surface area contributed by atoms with Gasteiger partial charge in [-0.3, -0.25) is 0 Å². The Morgan fingerprint density at radius 3 is 2.84 bits per heavy atom. The van der Waals surface area contributed by atoms with Gasteiger partial charge in [-0.25, -0.2) is 4.98 Å². The molecule has 0 saturated carbocycles. The predicted octanol–water partition coefficient (Wildman–Crippen LogP) is 2.71. The standard InChI is InChI=1S/C15H18N2O2/c1-11-2-4-13(5-3-11)19-14(12-6-7-16-10-12)15-17-8-9-18-15/h2-5,8-9,12,14,16H,6-7,10H2,1H3/t12-,14+/m0/s1. The molecule has 0 aliphatic carbocycles. The number of nitrogens with one attached hydrogen (secondary N) is 1. The largest absolute Gasteiger partial charge is 0.480 e. The van der Waals surface area contributed by atoms with Crippen molar-refractivity contribution < 1.29 is 9.15 Å². The number of hydrogen-bond acceptors (Lipinski definition) is 4. The molecule has 3 rings (SSSR count). The van der Waals surface area contributed by atoms with Crippen molar-refractivity contribution in [3.63, 3.8) is 0 Å². The first-order chi connectivity index (χ1) is 9.33. The molecular formula is C15H18N2O2. The van der Waals surface area contributed by atoms with Crippen molar-refractivity contribution in [2.75, 3.05) is 13.1 Å². The summed E-state index contributed by atoms with van der Waals surface area (Å²) in [5, 5.41) is 3.36. The van der Waals surface area contributed by atoms with Gasteiger partial charge in [0.2, 0.25) is 5.89 Å². The third-order valence-electron chi connectivity index (χ3n) is 3.51. The summed E-state index contributed by atoms with van der Waals surface area (Å²) >= 11 is 0. The maximum atomic E-state index is 6.10. The molecule has 4 nitrogen and oxygen atoms in total. The third kappa shape index (κ3) is 2.79. The first-order valence-electron chi connectivity index (χ1n) is 6.66. The van der Waals surface area contributed by atoms with E-state index in [1.165, 1.54) is 5.56 Å². The van der Waals surface area contributed by atoms with Crippen LogP contribution >= 0.6 is 0 Å². The van der Waals surface area contributed by atoms with Gasteiger partial charge in [-0.2, -0.15) is 0 Å². The molecule has 100 valence electrons. The maximum absolute atomic E-state index is 6.10. The third-order valence-corrected chi connectivity index (χ3v) is 3.51. The summed E-state index contributed by atoms with van der Waals surface area (Å²) in [5.74, 6) is 1.93. The second kappa shape index (κ2) is 5.45. The van der Waals surface area contributed by atoms with Gasteiger partial charge in [0.25, 0.3) is 0 Å². The number of hydrogen-bond donors (Lipinski definition) is 1. The molecule has 1 fully saturated rings. The Bertz CT molecular complexity index is 501. The number of benzene rings is 1. The molecule has 1 aromatic carbocycles. The molecule has 1 N–H and O–H groups in total. The van der Waals surface area contributed by atoms with Crippen LogP contribution in [0.25, 0.3) is 0 Å². The van der Waals surface area contributed by atoms with Crippen molar-refractivity contribution in [3.8, 4) is 5.75 Å². The van der Waals surface area contributed by atoms with Gasteiger partial charge < -0.3 is 14.5 Å². The van der Waals surface area contributed by atoms with Crippen LogP contribution in [0.4, 0.5) is 0 Å². The number of ether oxygens (including phenoxy) is 1. The van der Waals surface area contributed by atoms with Crippen LogP contribution in [0.15, 0.2) is 41.1 Å². The van der Waals surface area contributed by atoms with Gasteiger partial charge in [-0.1, -0.05) is 17.7 Å². The zero-order valence-corrected chi connectivity index (χ0v) is 11.0. The lowest BCUT2D eigenvalue weighted by Gasteiger charge is -2.21. The van der Waals surface area contributed by atoms with E-state index < -0.39 is 0 Å². The van der Waals surface area contributed by atoms with Crippen LogP contribution in [0.1, 0.15) is 24.0 Å². The summed E-state index contributed by atoms with van der Waals surface area (Å²) in [4.78, 5) is 4.26. The van der Waals surface area contributed by atoms with E-state index in [0.717, 1.165) is 25.3 Å². The van der Waals surface area contributed by atoms with E-state index >= 15 is 0 Å². The van der Waals surface area contributed by atoms with Gasteiger partial charge >= 0.3 is 0 Å². The normalized spacial score (nSPS) is 20.4. The van der Waals surface area contributed by atoms with Crippen molar-refractivity contribution in [3.05, 3.63) is 48.2 Å². The monoisotopic (exact) mass is 258 g/mol. The quantitative estimate of drug-likeness (QED) is 0.916. The van der Waals surface area contributed by atoms with Crippen LogP contribution in [0.2, 0.25) is 0 Å². The Morgan fingerprint density at radius 1 is 1.37 bits per heavy atom. The Labute approximate surface area is 112 Å². The van der Waals surface area contributed by atoms with Gasteiger partial charge in [0.1, 0.15) is 12.0 Å². The molecule has 2 heterocycles. The van der Waals surface area contributed by atoms with E-state index in [2.05, 4.69) is 29.4 Å². The molecule has 0 spiro atoms. The van der Waals surface area contributed by atoms with Crippen LogP contribution in [-0.2, 0) is 0 Å². The fourth-order valence-corrected chi connectivity index (χ4v) is 2.42. The summed E-state index contributed by atoms with van der Waals surface area (Å²) < 4.78 is 11.5. The Morgan fingerprint density at radius 2 is 2.21 bits per heavy atom. The highest BCUT2D eigenvalue weighted by Crippen LogP contribution is 2.31. The summed E-state index contributed by atoms with van der Waals surface area (Å²) in [6.07, 6.45) is 4.23. The molecule has 1 aliphatic heterocycles. The van der Waals surface area contributed by atoms with E-state index in [1.54, 1.807) is 12.5 Å². The maximum Gasteiger partial charge on any atom is 0.235 e. The van der Waals surface area contributed by atoms with E-state index in [9.17, 15) is 0 Å². The summed E-state index contributed by atoms with van der Waals surface area (Å²) in [5.41, 5.74) is 1.22. The molecule has 1 aliphatic rings. The SMILES string of the molecule is Cc1ccc(O[C@@H](c2ncco2)[C@H]2CCNC2)cc1. The highest BCUT2D eigenvalue weighted by atomic mass is 16.5. The van der Waals surface area contributed by atoms with Crippen LogP contribution in [0, 0.1) is 12.8 Å². The first kappa shape index (κ1) is 12.2. The number of aromatic nitrogens is 1. The zero-order chi connectivity index (χ0) is 13.1. The van der Waals surface area contributed by atoms with E-state index in [-0.39, 0.29) is 6.10 Å². The van der Waals surface area contributed by atoms with Crippen LogP contribution in [-0.4, -0.2) is 18.1 Å². The van der Waals surface area contributed by atoms with E-state index in [1.807, 2.05) is 12.1 Å². The molecular weight excluding hydrogens is 240 g/mol. The average Bonchev–Trinajstić information content (AvgIpc) is 3.11. The fraction of sp³-hybridized carbons (Fsp3) is 0.400. The van der Waals surface area contributed by atoms with Crippen molar-refractivity contribution >= 4 is 0 Å². The highest BCUT2D eigenvalue weighted by Gasteiger charge is 2.31. The van der Waals surface area contributed by atoms with Crippen molar-refractivity contribution in [1.82, 2.24) is 10.3 Å². The first-order valence-corrected chi connectivity index (χ1v) is 6.66. The van der Waals surface area contributed by atoms with Crippen LogP contribution < -0.4 is 10.1 Å². The topological polar surface area (TPSA) is 47.3 Å². The zero-order valence-electron chi connectivity index (χ0n) is 11.0. The summed E-state index contributed by atoms with van der Waals surface area (Å²) in [6, 6.07) is 8.09. The molecule has 19 heavy (non-hydrogen) atoms. The Balaban J connectivity index is 1.81. The average molecular weight is 258 g/mol. The van der Waals surface area contributed by atoms with Gasteiger partial charge in [-0.15, -0.1) is 0 Å². The second-order valence-corrected chi connectivity index (χ2v) is 4.97. The van der Waals surface area contributed by atoms with E-state index in [4.69, 9.17) is 9.15 Å². The second-order valence-electron chi connectivity index (χ2n) is 4.97. The molecule has 0 unspecified atom stereocenters. The number of oxazole rings is 1. The smallest absolute Gasteiger partial charge is 0.235 e. The molecule has 2 aromatic rings. The van der Waals surface area contributed by atoms with Crippen molar-refractivity contribution in [2.24, 2.45) is 5.92 Å². The minimum Gasteiger partial charge on any atom is -0.480 e. The molecule has 1 saturated heterocycles. The lowest BCUT2D eigenvalue weighted by molar-refractivity contribution is 0.114. The fourth-order valence-electron chi connectivity index (χ4n) is 2.42. The molecule has 0 bridgehead atoms. The van der Waals surface area contributed by atoms with Gasteiger partial charge in [0.15, 0.2) is 6.10 Å². The molecule has 4 heteroatoms. The number of nitrogens with zero attached hydrogens (tertiary/aromatic N) is 1. The van der Waals surface area contributed by atoms with Gasteiger partial charge in [0.05, 0.1) is 6.20 Å². The lowest BCUT2D eigenvalue weighted by Crippen LogP contribution is -2.21. The van der Waals surface area contributed by atoms with Crippen molar-refractivity contribution in [1.29, 1.82) is 0 Å².